The number of ether oxygens (including phenoxy) is 3. The number of rotatable bonds is 9. The molecule has 0 aliphatic carbocycles. The number of anilines is 3. The van der Waals surface area contributed by atoms with Gasteiger partial charge >= 0.3 is 0 Å². The van der Waals surface area contributed by atoms with Crippen LogP contribution in [0, 0.1) is 5.41 Å². The highest BCUT2D eigenvalue weighted by molar-refractivity contribution is 6.03. The number of aromatic nitrogens is 2. The normalized spacial score (nSPS) is 17.2. The molecule has 2 aliphatic rings. The summed E-state index contributed by atoms with van der Waals surface area (Å²) in [5, 5.41) is 12.7. The first-order valence-electron chi connectivity index (χ1n) is 14.6. The predicted octanol–water partition coefficient (Wildman–Crippen LogP) is 3.18. The number of carbonyl (C=O) groups excluding carboxylic acids is 3. The van der Waals surface area contributed by atoms with Crippen molar-refractivity contribution >= 4 is 45.8 Å². The summed E-state index contributed by atoms with van der Waals surface area (Å²) in [5.41, 5.74) is 1.18. The van der Waals surface area contributed by atoms with Crippen LogP contribution in [0.3, 0.4) is 0 Å². The van der Waals surface area contributed by atoms with Gasteiger partial charge in [-0.25, -0.2) is 9.97 Å². The van der Waals surface area contributed by atoms with Gasteiger partial charge in [0, 0.05) is 29.8 Å². The topological polar surface area (TPSA) is 156 Å². The highest BCUT2D eigenvalue weighted by Crippen LogP contribution is 2.37. The zero-order valence-corrected chi connectivity index (χ0v) is 25.8. The van der Waals surface area contributed by atoms with E-state index in [0.717, 1.165) is 5.69 Å². The van der Waals surface area contributed by atoms with Crippen LogP contribution in [-0.2, 0) is 14.4 Å². The first-order chi connectivity index (χ1) is 21.0. The Balaban J connectivity index is 1.39. The first-order valence-corrected chi connectivity index (χ1v) is 14.6. The quantitative estimate of drug-likeness (QED) is 0.286. The largest absolute Gasteiger partial charge is 0.494 e. The molecule has 0 spiro atoms. The van der Waals surface area contributed by atoms with Gasteiger partial charge in [0.25, 0.3) is 0 Å². The number of nitrogens with one attached hydrogen (secondary N) is 4. The summed E-state index contributed by atoms with van der Waals surface area (Å²) in [6.07, 6.45) is 2.60. The van der Waals surface area contributed by atoms with Crippen molar-refractivity contribution in [1.29, 1.82) is 0 Å². The maximum absolute atomic E-state index is 13.8. The molecule has 0 saturated carbocycles. The van der Waals surface area contributed by atoms with E-state index < -0.39 is 23.5 Å². The maximum Gasteiger partial charge on any atom is 0.247 e. The minimum Gasteiger partial charge on any atom is -0.494 e. The molecule has 2 aliphatic heterocycles. The fraction of sp³-hybridized carbons (Fsp3) is 0.452. The molecule has 0 bridgehead atoms. The Morgan fingerprint density at radius 3 is 2.59 bits per heavy atom. The number of likely N-dealkylation sites (N-methyl/N-ethyl adjacent to an activating group) is 1. The third-order valence-electron chi connectivity index (χ3n) is 7.91. The molecule has 1 aromatic heterocycles. The van der Waals surface area contributed by atoms with Crippen LogP contribution < -0.4 is 35.5 Å². The molecule has 0 radical (unpaired) electrons. The number of likely N-dealkylation sites (tertiary alicyclic amines) is 1. The van der Waals surface area contributed by atoms with Crippen LogP contribution >= 0.6 is 0 Å². The molecule has 3 heterocycles. The van der Waals surface area contributed by atoms with Gasteiger partial charge in [-0.1, -0.05) is 20.8 Å². The molecule has 4 N–H and O–H groups in total. The average molecular weight is 606 g/mol. The van der Waals surface area contributed by atoms with E-state index >= 15 is 0 Å². The molecule has 1 saturated heterocycles. The molecule has 0 unspecified atom stereocenters. The fourth-order valence-electron chi connectivity index (χ4n) is 5.29. The lowest BCUT2D eigenvalue weighted by Gasteiger charge is -2.36. The number of carbonyl (C=O) groups is 3. The summed E-state index contributed by atoms with van der Waals surface area (Å²) in [5.74, 6) is 1.30. The third kappa shape index (κ3) is 6.32. The SMILES string of the molecule is CN[C@@H](C)C(=O)N[C@H](C(=O)N1CCC[C@H]1C(=O)Nc1cc2c(Nc3ccc4c(c3)OCO4)ncnc2cc1OC)C(C)(C)C. The van der Waals surface area contributed by atoms with E-state index in [2.05, 4.69) is 31.2 Å². The van der Waals surface area contributed by atoms with Gasteiger partial charge in [0.15, 0.2) is 11.5 Å². The summed E-state index contributed by atoms with van der Waals surface area (Å²) in [6, 6.07) is 6.96. The number of methoxy groups -OCH3 is 1. The van der Waals surface area contributed by atoms with Crippen LogP contribution in [0.2, 0.25) is 0 Å². The molecule has 3 amide bonds. The van der Waals surface area contributed by atoms with Gasteiger partial charge in [-0.05, 0) is 50.4 Å². The number of benzene rings is 2. The Morgan fingerprint density at radius 1 is 1.09 bits per heavy atom. The fourth-order valence-corrected chi connectivity index (χ4v) is 5.29. The van der Waals surface area contributed by atoms with E-state index in [4.69, 9.17) is 14.2 Å². The average Bonchev–Trinajstić information content (AvgIpc) is 3.68. The monoisotopic (exact) mass is 605 g/mol. The second kappa shape index (κ2) is 12.5. The summed E-state index contributed by atoms with van der Waals surface area (Å²) in [6.45, 7) is 7.98. The number of hydrogen-bond acceptors (Lipinski definition) is 10. The number of fused-ring (bicyclic) bond motifs is 2. The lowest BCUT2D eigenvalue weighted by Crippen LogP contribution is -2.59. The van der Waals surface area contributed by atoms with Gasteiger partial charge < -0.3 is 40.4 Å². The van der Waals surface area contributed by atoms with Crippen molar-refractivity contribution in [1.82, 2.24) is 25.5 Å². The molecule has 2 aromatic carbocycles. The number of hydrogen-bond donors (Lipinski definition) is 4. The summed E-state index contributed by atoms with van der Waals surface area (Å²) in [4.78, 5) is 50.7. The van der Waals surface area contributed by atoms with Gasteiger partial charge in [0.1, 0.15) is 30.0 Å². The van der Waals surface area contributed by atoms with E-state index in [9.17, 15) is 14.4 Å². The van der Waals surface area contributed by atoms with Gasteiger partial charge in [-0.2, -0.15) is 0 Å². The molecule has 3 atom stereocenters. The van der Waals surface area contributed by atoms with E-state index in [-0.39, 0.29) is 24.5 Å². The maximum atomic E-state index is 13.8. The molecule has 13 heteroatoms. The highest BCUT2D eigenvalue weighted by Gasteiger charge is 2.42. The van der Waals surface area contributed by atoms with Crippen LogP contribution in [0.5, 0.6) is 17.2 Å². The van der Waals surface area contributed by atoms with Crippen LogP contribution in [0.1, 0.15) is 40.5 Å². The van der Waals surface area contributed by atoms with Crippen LogP contribution in [0.25, 0.3) is 10.9 Å². The van der Waals surface area contributed by atoms with Crippen molar-refractivity contribution in [3.05, 3.63) is 36.7 Å². The number of amides is 3. The smallest absolute Gasteiger partial charge is 0.247 e. The van der Waals surface area contributed by atoms with Crippen molar-refractivity contribution in [2.24, 2.45) is 5.41 Å². The zero-order chi connectivity index (χ0) is 31.6. The highest BCUT2D eigenvalue weighted by atomic mass is 16.7. The molecule has 3 aromatic rings. The Labute approximate surface area is 256 Å². The van der Waals surface area contributed by atoms with Gasteiger partial charge in [0.05, 0.1) is 24.4 Å². The van der Waals surface area contributed by atoms with E-state index in [1.165, 1.54) is 13.4 Å². The van der Waals surface area contributed by atoms with Gasteiger partial charge in [-0.15, -0.1) is 0 Å². The third-order valence-corrected chi connectivity index (χ3v) is 7.91. The van der Waals surface area contributed by atoms with Crippen molar-refractivity contribution in [2.75, 3.05) is 38.1 Å². The van der Waals surface area contributed by atoms with Gasteiger partial charge in [-0.3, -0.25) is 14.4 Å². The first kappa shape index (κ1) is 30.8. The molecular weight excluding hydrogens is 566 g/mol. The second-order valence-electron chi connectivity index (χ2n) is 12.0. The minimum absolute atomic E-state index is 0.170. The molecule has 5 rings (SSSR count). The van der Waals surface area contributed by atoms with Crippen molar-refractivity contribution in [3.8, 4) is 17.2 Å². The second-order valence-corrected chi connectivity index (χ2v) is 12.0. The van der Waals surface area contributed by atoms with Crippen molar-refractivity contribution in [3.63, 3.8) is 0 Å². The number of nitrogens with zero attached hydrogens (tertiary/aromatic N) is 3. The van der Waals surface area contributed by atoms with Crippen molar-refractivity contribution < 1.29 is 28.6 Å². The van der Waals surface area contributed by atoms with Crippen LogP contribution in [0.4, 0.5) is 17.2 Å². The molecule has 234 valence electrons. The van der Waals surface area contributed by atoms with E-state index in [1.54, 1.807) is 31.0 Å². The zero-order valence-electron chi connectivity index (χ0n) is 25.8. The summed E-state index contributed by atoms with van der Waals surface area (Å²) >= 11 is 0. The molecule has 13 nitrogen and oxygen atoms in total. The summed E-state index contributed by atoms with van der Waals surface area (Å²) < 4.78 is 16.5. The summed E-state index contributed by atoms with van der Waals surface area (Å²) in [7, 11) is 3.19. The van der Waals surface area contributed by atoms with Crippen LogP contribution in [-0.4, -0.2) is 78.2 Å². The predicted molar refractivity (Wildman–Crippen MR) is 165 cm³/mol. The van der Waals surface area contributed by atoms with Gasteiger partial charge in [0.2, 0.25) is 24.5 Å². The lowest BCUT2D eigenvalue weighted by molar-refractivity contribution is -0.143. The molecular formula is C31H39N7O6. The van der Waals surface area contributed by atoms with Crippen LogP contribution in [0.15, 0.2) is 36.7 Å². The molecule has 44 heavy (non-hydrogen) atoms. The Bertz CT molecular complexity index is 1570. The minimum atomic E-state index is -0.809. The van der Waals surface area contributed by atoms with E-state index in [0.29, 0.717) is 59.0 Å². The Hall–Kier alpha value is -4.65. The Morgan fingerprint density at radius 2 is 1.86 bits per heavy atom. The standard InChI is InChI=1S/C31H39N7O6/c1-17(32-5)28(39)37-26(31(2,3)4)30(41)38-11-7-8-22(38)29(40)36-21-13-19-20(14-24(21)42-6)33-15-34-27(19)35-18-9-10-23-25(12-18)44-16-43-23/h9-10,12-15,17,22,26,32H,7-8,11,16H2,1-6H3,(H,36,40)(H,37,39)(H,33,34,35)/t17-,22-,26+/m0/s1. The Kier molecular flexibility index (Phi) is 8.77. The van der Waals surface area contributed by atoms with E-state index in [1.807, 2.05) is 39.0 Å². The van der Waals surface area contributed by atoms with Crippen molar-refractivity contribution in [2.45, 2.75) is 58.7 Å². The molecule has 1 fully saturated rings. The lowest BCUT2D eigenvalue weighted by atomic mass is 9.85.